The van der Waals surface area contributed by atoms with E-state index in [1.54, 1.807) is 0 Å². The lowest BCUT2D eigenvalue weighted by Gasteiger charge is -2.29. The van der Waals surface area contributed by atoms with Crippen molar-refractivity contribution in [3.8, 4) is 0 Å². The first-order valence-corrected chi connectivity index (χ1v) is 13.0. The third-order valence-electron chi connectivity index (χ3n) is 8.03. The molecule has 4 heteroatoms. The highest BCUT2D eigenvalue weighted by Crippen LogP contribution is 2.35. The molecule has 2 aliphatic heterocycles. The maximum atomic E-state index is 13.8. The molecule has 4 nitrogen and oxygen atoms in total. The smallest absolute Gasteiger partial charge is 0.254 e. The molecule has 4 atom stereocenters. The van der Waals surface area contributed by atoms with Gasteiger partial charge in [-0.15, -0.1) is 0 Å². The van der Waals surface area contributed by atoms with Crippen LogP contribution in [0.1, 0.15) is 64.7 Å². The van der Waals surface area contributed by atoms with E-state index in [-0.39, 0.29) is 18.0 Å². The summed E-state index contributed by atoms with van der Waals surface area (Å²) in [7, 11) is 1.96. The summed E-state index contributed by atoms with van der Waals surface area (Å²) in [6, 6.07) is 30.2. The van der Waals surface area contributed by atoms with Gasteiger partial charge in [0.15, 0.2) is 0 Å². The summed E-state index contributed by atoms with van der Waals surface area (Å²) < 4.78 is 0. The van der Waals surface area contributed by atoms with E-state index in [9.17, 15) is 4.79 Å². The van der Waals surface area contributed by atoms with Gasteiger partial charge in [-0.1, -0.05) is 72.8 Å². The highest BCUT2D eigenvalue weighted by molar-refractivity contribution is 5.95. The van der Waals surface area contributed by atoms with Gasteiger partial charge in [-0.05, 0) is 68.1 Å². The fourth-order valence-corrected chi connectivity index (χ4v) is 5.87. The van der Waals surface area contributed by atoms with Crippen LogP contribution in [-0.2, 0) is 0 Å². The molecule has 1 N–H and O–H groups in total. The molecule has 5 rings (SSSR count). The Morgan fingerprint density at radius 1 is 0.914 bits per heavy atom. The second-order valence-electron chi connectivity index (χ2n) is 10.2. The number of nitrogens with zero attached hydrogens (tertiary/aromatic N) is 2. The number of rotatable bonds is 7. The molecule has 0 aliphatic carbocycles. The molecule has 2 aliphatic rings. The molecule has 2 heterocycles. The van der Waals surface area contributed by atoms with Crippen LogP contribution < -0.4 is 5.32 Å². The van der Waals surface area contributed by atoms with Crippen LogP contribution in [0.4, 0.5) is 0 Å². The number of benzene rings is 3. The summed E-state index contributed by atoms with van der Waals surface area (Å²) in [5.41, 5.74) is 4.73. The number of nitrogens with one attached hydrogen (secondary N) is 1. The number of amides is 1. The number of carbonyl (C=O) groups is 1. The van der Waals surface area contributed by atoms with Crippen LogP contribution in [0.3, 0.4) is 0 Å². The van der Waals surface area contributed by atoms with Crippen LogP contribution >= 0.6 is 0 Å². The van der Waals surface area contributed by atoms with Crippen molar-refractivity contribution in [1.29, 1.82) is 0 Å². The molecule has 3 aromatic rings. The van der Waals surface area contributed by atoms with Gasteiger partial charge < -0.3 is 15.1 Å². The van der Waals surface area contributed by atoms with Crippen LogP contribution in [0, 0.1) is 0 Å². The van der Waals surface area contributed by atoms with Gasteiger partial charge in [-0.25, -0.2) is 0 Å². The Hall–Kier alpha value is -2.95. The monoisotopic (exact) mass is 467 g/mol. The second kappa shape index (κ2) is 10.8. The van der Waals surface area contributed by atoms with Crippen molar-refractivity contribution < 1.29 is 4.79 Å². The van der Waals surface area contributed by atoms with Crippen LogP contribution in [0.5, 0.6) is 0 Å². The number of likely N-dealkylation sites (tertiary alicyclic amines) is 2. The van der Waals surface area contributed by atoms with Crippen LogP contribution in [0.25, 0.3) is 0 Å². The number of hydrogen-bond donors (Lipinski definition) is 1. The van der Waals surface area contributed by atoms with Crippen molar-refractivity contribution in [2.24, 2.45) is 0 Å². The number of carbonyl (C=O) groups excluding carboxylic acids is 1. The van der Waals surface area contributed by atoms with Gasteiger partial charge in [0.25, 0.3) is 5.91 Å². The van der Waals surface area contributed by atoms with Gasteiger partial charge in [0.1, 0.15) is 0 Å². The van der Waals surface area contributed by atoms with Crippen molar-refractivity contribution in [1.82, 2.24) is 15.1 Å². The Balaban J connectivity index is 1.35. The van der Waals surface area contributed by atoms with E-state index in [4.69, 9.17) is 0 Å². The normalized spacial score (nSPS) is 23.5. The first-order valence-electron chi connectivity index (χ1n) is 13.0. The van der Waals surface area contributed by atoms with Crippen molar-refractivity contribution in [3.63, 3.8) is 0 Å². The largest absolute Gasteiger partial charge is 0.334 e. The Bertz CT molecular complexity index is 1120. The zero-order valence-corrected chi connectivity index (χ0v) is 20.9. The lowest BCUT2D eigenvalue weighted by Crippen LogP contribution is -2.42. The van der Waals surface area contributed by atoms with Gasteiger partial charge in [0.2, 0.25) is 0 Å². The molecular formula is C31H37N3O. The maximum Gasteiger partial charge on any atom is 0.254 e. The minimum Gasteiger partial charge on any atom is -0.334 e. The fraction of sp³-hybridized carbons (Fsp3) is 0.387. The Kier molecular flexibility index (Phi) is 7.31. The van der Waals surface area contributed by atoms with Gasteiger partial charge in [-0.2, -0.15) is 0 Å². The Labute approximate surface area is 210 Å². The molecule has 2 unspecified atom stereocenters. The van der Waals surface area contributed by atoms with Crippen molar-refractivity contribution in [3.05, 3.63) is 107 Å². The summed E-state index contributed by atoms with van der Waals surface area (Å²) in [5.74, 6) is 1.14. The highest BCUT2D eigenvalue weighted by atomic mass is 16.2. The molecule has 0 aromatic heterocycles. The van der Waals surface area contributed by atoms with Crippen molar-refractivity contribution in [2.45, 2.75) is 43.7 Å². The molecule has 0 spiro atoms. The van der Waals surface area contributed by atoms with Crippen molar-refractivity contribution >= 4 is 5.91 Å². The summed E-state index contributed by atoms with van der Waals surface area (Å²) in [6.45, 7) is 6.04. The molecular weight excluding hydrogens is 430 g/mol. The van der Waals surface area contributed by atoms with Gasteiger partial charge >= 0.3 is 0 Å². The molecule has 3 aromatic carbocycles. The van der Waals surface area contributed by atoms with E-state index in [2.05, 4.69) is 94.8 Å². The summed E-state index contributed by atoms with van der Waals surface area (Å²) in [6.07, 6.45) is 2.21. The average Bonchev–Trinajstić information content (AvgIpc) is 3.56. The van der Waals surface area contributed by atoms with Crippen LogP contribution in [-0.4, -0.2) is 55.0 Å². The third kappa shape index (κ3) is 5.34. The van der Waals surface area contributed by atoms with E-state index in [1.807, 2.05) is 19.2 Å². The van der Waals surface area contributed by atoms with Gasteiger partial charge in [0, 0.05) is 43.2 Å². The predicted molar refractivity (Wildman–Crippen MR) is 143 cm³/mol. The SMILES string of the molecule is CNC(C)c1cccc(C(=O)N2C[C@@H](c3ccccc3)C[C@H]2CN2CCC(c3ccccc3)C2)c1. The van der Waals surface area contributed by atoms with Gasteiger partial charge in [-0.3, -0.25) is 4.79 Å². The molecule has 0 bridgehead atoms. The Morgan fingerprint density at radius 3 is 2.29 bits per heavy atom. The van der Waals surface area contributed by atoms with E-state index in [0.29, 0.717) is 11.8 Å². The topological polar surface area (TPSA) is 35.6 Å². The second-order valence-corrected chi connectivity index (χ2v) is 10.2. The molecule has 1 amide bonds. The Morgan fingerprint density at radius 2 is 1.60 bits per heavy atom. The zero-order valence-electron chi connectivity index (χ0n) is 20.9. The quantitative estimate of drug-likeness (QED) is 0.502. The van der Waals surface area contributed by atoms with E-state index >= 15 is 0 Å². The zero-order chi connectivity index (χ0) is 24.2. The minimum atomic E-state index is 0.164. The fourth-order valence-electron chi connectivity index (χ4n) is 5.87. The van der Waals surface area contributed by atoms with Crippen LogP contribution in [0.15, 0.2) is 84.9 Å². The molecule has 0 radical (unpaired) electrons. The molecule has 182 valence electrons. The molecule has 2 fully saturated rings. The minimum absolute atomic E-state index is 0.164. The van der Waals surface area contributed by atoms with Gasteiger partial charge in [0.05, 0.1) is 0 Å². The first-order chi connectivity index (χ1) is 17.1. The summed E-state index contributed by atoms with van der Waals surface area (Å²) >= 11 is 0. The lowest BCUT2D eigenvalue weighted by molar-refractivity contribution is 0.0707. The molecule has 35 heavy (non-hydrogen) atoms. The lowest BCUT2D eigenvalue weighted by atomic mass is 9.96. The third-order valence-corrected chi connectivity index (χ3v) is 8.03. The molecule has 2 saturated heterocycles. The first kappa shape index (κ1) is 23.8. The van der Waals surface area contributed by atoms with E-state index in [0.717, 1.165) is 43.7 Å². The summed E-state index contributed by atoms with van der Waals surface area (Å²) in [4.78, 5) is 18.6. The molecule has 0 saturated carbocycles. The summed E-state index contributed by atoms with van der Waals surface area (Å²) in [5, 5.41) is 3.29. The predicted octanol–water partition coefficient (Wildman–Crippen LogP) is 5.45. The van der Waals surface area contributed by atoms with E-state index < -0.39 is 0 Å². The standard InChI is InChI=1S/C31H37N3O/c1-23(32-2)26-14-9-15-27(18-26)31(35)34-21-29(25-12-7-4-8-13-25)19-30(34)22-33-17-16-28(20-33)24-10-5-3-6-11-24/h3-15,18,23,28-30,32H,16-17,19-22H2,1-2H3/t23?,28?,29-,30-/m0/s1. The van der Waals surface area contributed by atoms with Crippen LogP contribution in [0.2, 0.25) is 0 Å². The highest BCUT2D eigenvalue weighted by Gasteiger charge is 2.38. The van der Waals surface area contributed by atoms with Crippen molar-refractivity contribution in [2.75, 3.05) is 33.2 Å². The van der Waals surface area contributed by atoms with E-state index in [1.165, 1.54) is 17.5 Å². The average molecular weight is 468 g/mol. The maximum absolute atomic E-state index is 13.8. The number of hydrogen-bond acceptors (Lipinski definition) is 3.